The van der Waals surface area contributed by atoms with Crippen LogP contribution in [0.2, 0.25) is 0 Å². The van der Waals surface area contributed by atoms with E-state index in [4.69, 9.17) is 10.5 Å². The van der Waals surface area contributed by atoms with Crippen molar-refractivity contribution in [2.75, 3.05) is 19.4 Å². The highest BCUT2D eigenvalue weighted by Gasteiger charge is 2.28. The molecule has 1 amide bonds. The number of esters is 1. The Morgan fingerprint density at radius 1 is 1.59 bits per heavy atom. The zero-order chi connectivity index (χ0) is 12.4. The predicted molar refractivity (Wildman–Crippen MR) is 61.5 cm³/mol. The molecule has 1 aromatic heterocycles. The largest absolute Gasteiger partial charge is 0.451 e. The summed E-state index contributed by atoms with van der Waals surface area (Å²) < 4.78 is 6.71. The monoisotopic (exact) mass is 237 g/mol. The van der Waals surface area contributed by atoms with Gasteiger partial charge in [0, 0.05) is 19.3 Å². The Hall–Kier alpha value is -1.98. The normalized spacial score (nSPS) is 14.4. The van der Waals surface area contributed by atoms with Crippen LogP contribution in [0.5, 0.6) is 0 Å². The van der Waals surface area contributed by atoms with Crippen molar-refractivity contribution >= 4 is 17.6 Å². The summed E-state index contributed by atoms with van der Waals surface area (Å²) in [6.07, 6.45) is 3.82. The van der Waals surface area contributed by atoms with Gasteiger partial charge in [-0.15, -0.1) is 0 Å². The number of carbonyl (C=O) groups excluding carboxylic acids is 2. The van der Waals surface area contributed by atoms with Crippen LogP contribution in [0.4, 0.5) is 5.69 Å². The van der Waals surface area contributed by atoms with Gasteiger partial charge in [0.25, 0.3) is 5.91 Å². The van der Waals surface area contributed by atoms with Crippen LogP contribution >= 0.6 is 0 Å². The Kier molecular flexibility index (Phi) is 3.03. The van der Waals surface area contributed by atoms with E-state index in [1.165, 1.54) is 7.05 Å². The number of hydrogen-bond acceptors (Lipinski definition) is 4. The first kappa shape index (κ1) is 11.5. The van der Waals surface area contributed by atoms with Gasteiger partial charge in [0.1, 0.15) is 5.69 Å². The molecule has 1 saturated carbocycles. The molecule has 1 aliphatic rings. The third-order valence-electron chi connectivity index (χ3n) is 2.63. The number of nitrogens with one attached hydrogen (secondary N) is 1. The first-order valence-electron chi connectivity index (χ1n) is 5.47. The minimum absolute atomic E-state index is 0.273. The summed E-state index contributed by atoms with van der Waals surface area (Å²) in [5.74, 6) is -0.854. The maximum absolute atomic E-state index is 11.8. The fourth-order valence-electron chi connectivity index (χ4n) is 1.60. The lowest BCUT2D eigenvalue weighted by atomic mass is 10.4. The zero-order valence-corrected chi connectivity index (χ0v) is 9.60. The number of nitrogen functional groups attached to an aromatic ring is 1. The first-order valence-corrected chi connectivity index (χ1v) is 5.47. The van der Waals surface area contributed by atoms with Crippen molar-refractivity contribution in [2.24, 2.45) is 0 Å². The van der Waals surface area contributed by atoms with Gasteiger partial charge >= 0.3 is 5.97 Å². The maximum atomic E-state index is 11.8. The molecule has 92 valence electrons. The lowest BCUT2D eigenvalue weighted by Crippen LogP contribution is -2.25. The van der Waals surface area contributed by atoms with Gasteiger partial charge in [0.2, 0.25) is 0 Å². The van der Waals surface area contributed by atoms with Gasteiger partial charge in [-0.05, 0) is 18.9 Å². The van der Waals surface area contributed by atoms with E-state index in [1.807, 2.05) is 4.57 Å². The van der Waals surface area contributed by atoms with Crippen LogP contribution in [0.3, 0.4) is 0 Å². The molecule has 6 nitrogen and oxygen atoms in total. The van der Waals surface area contributed by atoms with E-state index in [2.05, 4.69) is 5.32 Å². The standard InChI is InChI=1S/C11H15N3O3/c1-13-10(15)6-17-11(16)9-4-7(12)5-14(9)8-2-3-8/h4-5,8H,2-3,6,12H2,1H3,(H,13,15). The molecule has 3 N–H and O–H groups in total. The topological polar surface area (TPSA) is 86.3 Å². The molecule has 0 radical (unpaired) electrons. The molecule has 6 heteroatoms. The van der Waals surface area contributed by atoms with Crippen molar-refractivity contribution in [3.63, 3.8) is 0 Å². The molecule has 0 atom stereocenters. The Bertz CT molecular complexity index is 449. The number of rotatable bonds is 4. The van der Waals surface area contributed by atoms with Crippen LogP contribution in [0.25, 0.3) is 0 Å². The second-order valence-electron chi connectivity index (χ2n) is 4.05. The number of nitrogens with zero attached hydrogens (tertiary/aromatic N) is 1. The highest BCUT2D eigenvalue weighted by molar-refractivity contribution is 5.91. The number of ether oxygens (including phenoxy) is 1. The summed E-state index contributed by atoms with van der Waals surface area (Å²) in [6.45, 7) is -0.273. The van der Waals surface area contributed by atoms with E-state index >= 15 is 0 Å². The lowest BCUT2D eigenvalue weighted by Gasteiger charge is -2.07. The summed E-state index contributed by atoms with van der Waals surface area (Å²) in [5, 5.41) is 2.38. The predicted octanol–water partition coefficient (Wildman–Crippen LogP) is 0.308. The van der Waals surface area contributed by atoms with E-state index in [0.29, 0.717) is 17.4 Å². The minimum Gasteiger partial charge on any atom is -0.451 e. The third kappa shape index (κ3) is 2.58. The van der Waals surface area contributed by atoms with Gasteiger partial charge in [-0.2, -0.15) is 0 Å². The highest BCUT2D eigenvalue weighted by Crippen LogP contribution is 2.37. The molecule has 1 aromatic rings. The molecule has 0 aromatic carbocycles. The fourth-order valence-corrected chi connectivity index (χ4v) is 1.60. The van der Waals surface area contributed by atoms with Crippen LogP contribution in [-0.2, 0) is 9.53 Å². The highest BCUT2D eigenvalue weighted by atomic mass is 16.5. The van der Waals surface area contributed by atoms with Crippen LogP contribution in [0.1, 0.15) is 29.4 Å². The van der Waals surface area contributed by atoms with E-state index < -0.39 is 5.97 Å². The van der Waals surface area contributed by atoms with Gasteiger partial charge in [0.15, 0.2) is 6.61 Å². The summed E-state index contributed by atoms with van der Waals surface area (Å²) in [7, 11) is 1.49. The van der Waals surface area contributed by atoms with Crippen molar-refractivity contribution in [1.29, 1.82) is 0 Å². The van der Waals surface area contributed by atoms with Crippen molar-refractivity contribution in [2.45, 2.75) is 18.9 Å². The Morgan fingerprint density at radius 3 is 2.88 bits per heavy atom. The molecule has 1 aliphatic carbocycles. The van der Waals surface area contributed by atoms with Crippen LogP contribution in [0, 0.1) is 0 Å². The number of hydrogen-bond donors (Lipinski definition) is 2. The van der Waals surface area contributed by atoms with Crippen LogP contribution in [-0.4, -0.2) is 30.1 Å². The molecule has 0 saturated heterocycles. The molecule has 0 unspecified atom stereocenters. The molecular formula is C11H15N3O3. The molecule has 1 fully saturated rings. The Balaban J connectivity index is 2.05. The molecule has 17 heavy (non-hydrogen) atoms. The summed E-state index contributed by atoms with van der Waals surface area (Å²) in [6, 6.07) is 1.92. The van der Waals surface area contributed by atoms with Gasteiger partial charge in [-0.1, -0.05) is 0 Å². The maximum Gasteiger partial charge on any atom is 0.355 e. The van der Waals surface area contributed by atoms with E-state index in [9.17, 15) is 9.59 Å². The molecule has 0 spiro atoms. The average molecular weight is 237 g/mol. The van der Waals surface area contributed by atoms with Crippen molar-refractivity contribution < 1.29 is 14.3 Å². The number of carbonyl (C=O) groups is 2. The lowest BCUT2D eigenvalue weighted by molar-refractivity contribution is -0.123. The third-order valence-corrected chi connectivity index (χ3v) is 2.63. The van der Waals surface area contributed by atoms with Gasteiger partial charge in [-0.25, -0.2) is 4.79 Å². The van der Waals surface area contributed by atoms with E-state index in [0.717, 1.165) is 12.8 Å². The van der Waals surface area contributed by atoms with Crippen molar-refractivity contribution in [3.05, 3.63) is 18.0 Å². The van der Waals surface area contributed by atoms with Crippen LogP contribution < -0.4 is 11.1 Å². The Morgan fingerprint density at radius 2 is 2.29 bits per heavy atom. The number of nitrogens with two attached hydrogens (primary N) is 1. The Labute approximate surface area is 98.7 Å². The average Bonchev–Trinajstić information content (AvgIpc) is 3.09. The van der Waals surface area contributed by atoms with Gasteiger partial charge in [0.05, 0.1) is 5.69 Å². The minimum atomic E-state index is -0.516. The number of likely N-dealkylation sites (N-methyl/N-ethyl adjacent to an activating group) is 1. The smallest absolute Gasteiger partial charge is 0.355 e. The zero-order valence-electron chi connectivity index (χ0n) is 9.60. The molecular weight excluding hydrogens is 222 g/mol. The second-order valence-corrected chi connectivity index (χ2v) is 4.05. The molecule has 2 rings (SSSR count). The SMILES string of the molecule is CNC(=O)COC(=O)c1cc(N)cn1C1CC1. The van der Waals surface area contributed by atoms with Crippen LogP contribution in [0.15, 0.2) is 12.3 Å². The molecule has 1 heterocycles. The first-order chi connectivity index (χ1) is 8.11. The fraction of sp³-hybridized carbons (Fsp3) is 0.455. The second kappa shape index (κ2) is 4.48. The number of anilines is 1. The number of aromatic nitrogens is 1. The summed E-state index contributed by atoms with van der Waals surface area (Å²) >= 11 is 0. The molecule has 0 aliphatic heterocycles. The molecule has 0 bridgehead atoms. The van der Waals surface area contributed by atoms with Gasteiger partial charge < -0.3 is 20.4 Å². The van der Waals surface area contributed by atoms with Crippen molar-refractivity contribution in [3.8, 4) is 0 Å². The van der Waals surface area contributed by atoms with Crippen molar-refractivity contribution in [1.82, 2.24) is 9.88 Å². The van der Waals surface area contributed by atoms with E-state index in [1.54, 1.807) is 12.3 Å². The summed E-state index contributed by atoms with van der Waals surface area (Å²) in [4.78, 5) is 22.7. The quantitative estimate of drug-likeness (QED) is 0.738. The van der Waals surface area contributed by atoms with Gasteiger partial charge in [-0.3, -0.25) is 4.79 Å². The summed E-state index contributed by atoms with van der Waals surface area (Å²) in [5.41, 5.74) is 6.60. The number of amides is 1. The van der Waals surface area contributed by atoms with E-state index in [-0.39, 0.29) is 12.5 Å².